The van der Waals surface area contributed by atoms with E-state index < -0.39 is 23.4 Å². The van der Waals surface area contributed by atoms with Crippen LogP contribution in [0.2, 0.25) is 0 Å². The van der Waals surface area contributed by atoms with Gasteiger partial charge in [-0.05, 0) is 18.9 Å². The average Bonchev–Trinajstić information content (AvgIpc) is 2.76. The fourth-order valence-corrected chi connectivity index (χ4v) is 2.98. The van der Waals surface area contributed by atoms with Crippen molar-refractivity contribution in [2.24, 2.45) is 0 Å². The number of carbonyl (C=O) groups excluding carboxylic acids is 1. The van der Waals surface area contributed by atoms with Crippen LogP contribution in [0.15, 0.2) is 18.2 Å². The number of nitrogens with one attached hydrogen (secondary N) is 1. The number of aliphatic hydroxyl groups is 2. The van der Waals surface area contributed by atoms with Gasteiger partial charge < -0.3 is 15.1 Å². The summed E-state index contributed by atoms with van der Waals surface area (Å²) in [6.07, 6.45) is -1.01. The van der Waals surface area contributed by atoms with E-state index in [1.165, 1.54) is 17.0 Å². The zero-order valence-electron chi connectivity index (χ0n) is 11.1. The van der Waals surface area contributed by atoms with Crippen molar-refractivity contribution in [1.82, 2.24) is 10.2 Å². The SMILES string of the molecule is O=C1c2cccc([N+](=O)[O-])c2CN1C1CCC(O)NC1O. The Bertz CT molecular complexity index is 605. The van der Waals surface area contributed by atoms with Crippen LogP contribution in [0, 0.1) is 10.1 Å². The third-order valence-corrected chi connectivity index (χ3v) is 4.03. The molecule has 8 nitrogen and oxygen atoms in total. The van der Waals surface area contributed by atoms with Crippen LogP contribution in [0.25, 0.3) is 0 Å². The molecule has 3 unspecified atom stereocenters. The Kier molecular flexibility index (Phi) is 3.36. The summed E-state index contributed by atoms with van der Waals surface area (Å²) in [5.74, 6) is -0.323. The third kappa shape index (κ3) is 2.27. The summed E-state index contributed by atoms with van der Waals surface area (Å²) < 4.78 is 0. The summed E-state index contributed by atoms with van der Waals surface area (Å²) in [5.41, 5.74) is 0.606. The van der Waals surface area contributed by atoms with Crippen molar-refractivity contribution >= 4 is 11.6 Å². The van der Waals surface area contributed by atoms with Crippen LogP contribution in [-0.4, -0.2) is 44.4 Å². The molecule has 1 aromatic carbocycles. The lowest BCUT2D eigenvalue weighted by Crippen LogP contribution is -2.56. The van der Waals surface area contributed by atoms with E-state index >= 15 is 0 Å². The second-order valence-electron chi connectivity index (χ2n) is 5.27. The van der Waals surface area contributed by atoms with Gasteiger partial charge >= 0.3 is 0 Å². The van der Waals surface area contributed by atoms with Crippen LogP contribution in [0.3, 0.4) is 0 Å². The Morgan fingerprint density at radius 2 is 2.10 bits per heavy atom. The maximum Gasteiger partial charge on any atom is 0.275 e. The first kappa shape index (κ1) is 13.9. The van der Waals surface area contributed by atoms with Crippen molar-refractivity contribution in [3.8, 4) is 0 Å². The largest absolute Gasteiger partial charge is 0.379 e. The average molecular weight is 293 g/mol. The van der Waals surface area contributed by atoms with Gasteiger partial charge in [0.25, 0.3) is 11.6 Å². The van der Waals surface area contributed by atoms with Crippen molar-refractivity contribution in [2.45, 2.75) is 37.9 Å². The number of amides is 1. The Labute approximate surface area is 120 Å². The number of benzene rings is 1. The molecule has 0 spiro atoms. The molecule has 2 aliphatic rings. The molecule has 3 rings (SSSR count). The van der Waals surface area contributed by atoms with Crippen LogP contribution in [0.5, 0.6) is 0 Å². The molecule has 0 saturated carbocycles. The molecule has 3 atom stereocenters. The van der Waals surface area contributed by atoms with Crippen LogP contribution in [0.4, 0.5) is 5.69 Å². The van der Waals surface area contributed by atoms with Gasteiger partial charge in [-0.2, -0.15) is 0 Å². The highest BCUT2D eigenvalue weighted by molar-refractivity contribution is 5.99. The minimum absolute atomic E-state index is 0.0818. The van der Waals surface area contributed by atoms with Gasteiger partial charge in [0.2, 0.25) is 0 Å². The second-order valence-corrected chi connectivity index (χ2v) is 5.27. The molecule has 2 aliphatic heterocycles. The maximum atomic E-state index is 12.4. The topological polar surface area (TPSA) is 116 Å². The number of piperidine rings is 1. The van der Waals surface area contributed by atoms with E-state index in [-0.39, 0.29) is 18.1 Å². The third-order valence-electron chi connectivity index (χ3n) is 4.03. The molecule has 8 heteroatoms. The van der Waals surface area contributed by atoms with Gasteiger partial charge in [0.15, 0.2) is 0 Å². The van der Waals surface area contributed by atoms with Gasteiger partial charge in [-0.3, -0.25) is 20.2 Å². The van der Waals surface area contributed by atoms with Crippen molar-refractivity contribution in [3.05, 3.63) is 39.4 Å². The summed E-state index contributed by atoms with van der Waals surface area (Å²) in [4.78, 5) is 24.4. The number of hydrogen-bond donors (Lipinski definition) is 3. The Morgan fingerprint density at radius 3 is 2.76 bits per heavy atom. The van der Waals surface area contributed by atoms with Gasteiger partial charge in [0.05, 0.1) is 28.6 Å². The molecule has 1 amide bonds. The number of fused-ring (bicyclic) bond motifs is 1. The first-order valence-corrected chi connectivity index (χ1v) is 6.68. The molecule has 1 fully saturated rings. The second kappa shape index (κ2) is 5.06. The zero-order valence-corrected chi connectivity index (χ0v) is 11.1. The number of nitro groups is 1. The Hall–Kier alpha value is -2.03. The predicted molar refractivity (Wildman–Crippen MR) is 71.1 cm³/mol. The number of nitro benzene ring substituents is 1. The van der Waals surface area contributed by atoms with Crippen LogP contribution >= 0.6 is 0 Å². The van der Waals surface area contributed by atoms with Crippen LogP contribution in [0.1, 0.15) is 28.8 Å². The molecule has 0 radical (unpaired) electrons. The summed E-state index contributed by atoms with van der Waals surface area (Å²) in [6.45, 7) is 0.102. The Morgan fingerprint density at radius 1 is 1.33 bits per heavy atom. The first-order valence-electron chi connectivity index (χ1n) is 6.68. The molecule has 0 bridgehead atoms. The van der Waals surface area contributed by atoms with Crippen LogP contribution < -0.4 is 5.32 Å². The monoisotopic (exact) mass is 293 g/mol. The summed E-state index contributed by atoms with van der Waals surface area (Å²) in [7, 11) is 0. The normalized spacial score (nSPS) is 28.6. The van der Waals surface area contributed by atoms with E-state index in [9.17, 15) is 25.1 Å². The number of hydrogen-bond acceptors (Lipinski definition) is 6. The van der Waals surface area contributed by atoms with Crippen molar-refractivity contribution in [2.75, 3.05) is 0 Å². The summed E-state index contributed by atoms with van der Waals surface area (Å²) >= 11 is 0. The first-order chi connectivity index (χ1) is 9.99. The molecule has 2 heterocycles. The molecule has 0 aromatic heterocycles. The van der Waals surface area contributed by atoms with E-state index in [0.717, 1.165) is 0 Å². The molecular weight excluding hydrogens is 278 g/mol. The van der Waals surface area contributed by atoms with Gasteiger partial charge in [0.1, 0.15) is 12.5 Å². The summed E-state index contributed by atoms with van der Waals surface area (Å²) in [5, 5.41) is 33.0. The lowest BCUT2D eigenvalue weighted by atomic mass is 10.0. The smallest absolute Gasteiger partial charge is 0.275 e. The standard InChI is InChI=1S/C13H15N3O5/c17-11-5-4-10(12(18)14-11)15-6-8-7(13(15)19)2-1-3-9(8)16(20)21/h1-3,10-12,14,17-18H,4-6H2. The highest BCUT2D eigenvalue weighted by Crippen LogP contribution is 2.33. The minimum Gasteiger partial charge on any atom is -0.379 e. The van der Waals surface area contributed by atoms with Gasteiger partial charge in [-0.1, -0.05) is 6.07 Å². The van der Waals surface area contributed by atoms with E-state index in [0.29, 0.717) is 24.0 Å². The van der Waals surface area contributed by atoms with Crippen molar-refractivity contribution < 1.29 is 19.9 Å². The van der Waals surface area contributed by atoms with E-state index in [2.05, 4.69) is 5.32 Å². The van der Waals surface area contributed by atoms with E-state index in [1.807, 2.05) is 0 Å². The zero-order chi connectivity index (χ0) is 15.1. The minimum atomic E-state index is -1.05. The van der Waals surface area contributed by atoms with Gasteiger partial charge in [0, 0.05) is 6.07 Å². The van der Waals surface area contributed by atoms with Crippen molar-refractivity contribution in [1.29, 1.82) is 0 Å². The van der Waals surface area contributed by atoms with E-state index in [1.54, 1.807) is 6.07 Å². The summed E-state index contributed by atoms with van der Waals surface area (Å²) in [6, 6.07) is 3.90. The van der Waals surface area contributed by atoms with E-state index in [4.69, 9.17) is 0 Å². The number of aliphatic hydroxyl groups excluding tert-OH is 2. The van der Waals surface area contributed by atoms with Crippen molar-refractivity contribution in [3.63, 3.8) is 0 Å². The quantitative estimate of drug-likeness (QED) is 0.519. The highest BCUT2D eigenvalue weighted by Gasteiger charge is 2.41. The Balaban J connectivity index is 1.90. The lowest BCUT2D eigenvalue weighted by Gasteiger charge is -2.37. The molecule has 21 heavy (non-hydrogen) atoms. The number of nitrogens with zero attached hydrogens (tertiary/aromatic N) is 2. The molecule has 0 aliphatic carbocycles. The van der Waals surface area contributed by atoms with Gasteiger partial charge in [-0.25, -0.2) is 0 Å². The predicted octanol–water partition coefficient (Wildman–Crippen LogP) is -0.0606. The number of rotatable bonds is 2. The maximum absolute atomic E-state index is 12.4. The highest BCUT2D eigenvalue weighted by atomic mass is 16.6. The molecule has 1 aromatic rings. The molecular formula is C13H15N3O5. The fraction of sp³-hybridized carbons (Fsp3) is 0.462. The molecule has 3 N–H and O–H groups in total. The van der Waals surface area contributed by atoms with Crippen LogP contribution in [-0.2, 0) is 6.54 Å². The van der Waals surface area contributed by atoms with Gasteiger partial charge in [-0.15, -0.1) is 0 Å². The molecule has 112 valence electrons. The molecule has 1 saturated heterocycles. The fourth-order valence-electron chi connectivity index (χ4n) is 2.98. The lowest BCUT2D eigenvalue weighted by molar-refractivity contribution is -0.385. The number of carbonyl (C=O) groups is 1.